The molecule has 0 aliphatic carbocycles. The Hall–Kier alpha value is -0.800. The van der Waals surface area contributed by atoms with Gasteiger partial charge in [0.1, 0.15) is 0 Å². The van der Waals surface area contributed by atoms with E-state index in [0.29, 0.717) is 6.42 Å². The summed E-state index contributed by atoms with van der Waals surface area (Å²) in [6, 6.07) is 0. The molecule has 0 heterocycles. The molecule has 0 aliphatic heterocycles. The third-order valence-corrected chi connectivity index (χ3v) is 0.740. The molecule has 0 saturated heterocycles. The molecule has 3 nitrogen and oxygen atoms in total. The summed E-state index contributed by atoms with van der Waals surface area (Å²) in [6.45, 7) is 1.73. The molecule has 9 heavy (non-hydrogen) atoms. The van der Waals surface area contributed by atoms with Crippen molar-refractivity contribution in [2.45, 2.75) is 26.1 Å². The molecule has 0 spiro atoms. The summed E-state index contributed by atoms with van der Waals surface area (Å²) in [5.41, 5.74) is 0. The van der Waals surface area contributed by atoms with Crippen LogP contribution >= 0.6 is 0 Å². The second kappa shape index (κ2) is 4.12. The molecule has 4 heteroatoms. The molecule has 0 aromatic heterocycles. The first-order chi connectivity index (χ1) is 4.16. The van der Waals surface area contributed by atoms with E-state index < -0.39 is 12.5 Å². The molecule has 0 fully saturated rings. The summed E-state index contributed by atoms with van der Waals surface area (Å²) in [4.78, 5) is 9.51. The summed E-state index contributed by atoms with van der Waals surface area (Å²) in [5.74, 6) is 0. The van der Waals surface area contributed by atoms with Crippen molar-refractivity contribution in [1.29, 1.82) is 0 Å². The Morgan fingerprint density at radius 2 is 2.33 bits per heavy atom. The molecule has 0 rings (SSSR count). The molecule has 53 valence electrons. The lowest BCUT2D eigenvalue weighted by molar-refractivity contribution is -0.0310. The highest BCUT2D eigenvalue weighted by Crippen LogP contribution is 2.02. The van der Waals surface area contributed by atoms with Gasteiger partial charge < -0.3 is 4.74 Å². The highest BCUT2D eigenvalue weighted by atomic mass is 19.1. The van der Waals surface area contributed by atoms with Crippen molar-refractivity contribution in [3.8, 4) is 0 Å². The van der Waals surface area contributed by atoms with E-state index >= 15 is 0 Å². The third kappa shape index (κ3) is 5.06. The third-order valence-electron chi connectivity index (χ3n) is 0.740. The summed E-state index contributed by atoms with van der Waals surface area (Å²) in [5, 5.41) is 9.51. The summed E-state index contributed by atoms with van der Waals surface area (Å²) >= 11 is 0. The second-order valence-corrected chi connectivity index (χ2v) is 1.57. The zero-order valence-electron chi connectivity index (χ0n) is 5.09. The molecule has 0 aromatic rings. The number of ether oxygens (including phenoxy) is 1. The number of carbonyl (C=O) groups is 1. The minimum atomic E-state index is -1.81. The molecule has 1 radical (unpaired) electrons. The van der Waals surface area contributed by atoms with Crippen molar-refractivity contribution in [2.75, 3.05) is 0 Å². The van der Waals surface area contributed by atoms with Crippen LogP contribution in [-0.4, -0.2) is 12.5 Å². The standard InChI is InChI=1S/C5H8FO3/c1-2-3-4(6)9-5(7)8/h4H,2-3H2,1H3. The number of carbonyl (C=O) groups excluding carboxylic acids is 1. The van der Waals surface area contributed by atoms with Crippen molar-refractivity contribution in [3.63, 3.8) is 0 Å². The molecule has 1 atom stereocenters. The first kappa shape index (κ1) is 8.20. The Balaban J connectivity index is 3.26. The maximum atomic E-state index is 12.0. The normalized spacial score (nSPS) is 12.7. The van der Waals surface area contributed by atoms with Gasteiger partial charge in [0.2, 0.25) is 6.36 Å². The first-order valence-electron chi connectivity index (χ1n) is 2.68. The van der Waals surface area contributed by atoms with Crippen LogP contribution in [0.15, 0.2) is 0 Å². The van der Waals surface area contributed by atoms with E-state index in [2.05, 4.69) is 4.74 Å². The van der Waals surface area contributed by atoms with Crippen LogP contribution in [0.3, 0.4) is 0 Å². The van der Waals surface area contributed by atoms with Crippen molar-refractivity contribution in [3.05, 3.63) is 0 Å². The Morgan fingerprint density at radius 1 is 1.78 bits per heavy atom. The fraction of sp³-hybridized carbons (Fsp3) is 0.800. The van der Waals surface area contributed by atoms with Crippen LogP contribution in [0.25, 0.3) is 0 Å². The molecular formula is C5H8FO3. The highest BCUT2D eigenvalue weighted by Gasteiger charge is 2.10. The van der Waals surface area contributed by atoms with Gasteiger partial charge in [-0.3, -0.25) is 0 Å². The Labute approximate surface area is 52.4 Å². The van der Waals surface area contributed by atoms with Gasteiger partial charge in [-0.2, -0.15) is 9.90 Å². The van der Waals surface area contributed by atoms with Gasteiger partial charge in [0.25, 0.3) is 0 Å². The molecular weight excluding hydrogens is 127 g/mol. The molecule has 0 amide bonds. The van der Waals surface area contributed by atoms with Crippen LogP contribution in [0.5, 0.6) is 0 Å². The fourth-order valence-corrected chi connectivity index (χ4v) is 0.390. The van der Waals surface area contributed by atoms with Crippen LogP contribution in [0.1, 0.15) is 19.8 Å². The van der Waals surface area contributed by atoms with E-state index in [1.54, 1.807) is 6.92 Å². The smallest absolute Gasteiger partial charge is 0.397 e. The van der Waals surface area contributed by atoms with E-state index in [1.807, 2.05) is 0 Å². The van der Waals surface area contributed by atoms with Gasteiger partial charge in [-0.25, -0.2) is 4.39 Å². The van der Waals surface area contributed by atoms with Crippen LogP contribution in [-0.2, 0) is 9.84 Å². The summed E-state index contributed by atoms with van der Waals surface area (Å²) in [7, 11) is 0. The zero-order chi connectivity index (χ0) is 7.28. The van der Waals surface area contributed by atoms with Crippen molar-refractivity contribution in [1.82, 2.24) is 0 Å². The molecule has 0 aliphatic rings. The van der Waals surface area contributed by atoms with Crippen molar-refractivity contribution in [2.24, 2.45) is 0 Å². The van der Waals surface area contributed by atoms with E-state index in [4.69, 9.17) is 0 Å². The lowest BCUT2D eigenvalue weighted by Crippen LogP contribution is -2.09. The summed E-state index contributed by atoms with van der Waals surface area (Å²) < 4.78 is 15.6. The monoisotopic (exact) mass is 135 g/mol. The minimum Gasteiger partial charge on any atom is -0.397 e. The lowest BCUT2D eigenvalue weighted by Gasteiger charge is -2.01. The van der Waals surface area contributed by atoms with Gasteiger partial charge in [0, 0.05) is 6.42 Å². The average molecular weight is 135 g/mol. The number of alkyl halides is 1. The van der Waals surface area contributed by atoms with Gasteiger partial charge >= 0.3 is 6.16 Å². The number of halogens is 1. The number of hydrogen-bond acceptors (Lipinski definition) is 2. The fourth-order valence-electron chi connectivity index (χ4n) is 0.390. The number of rotatable bonds is 3. The van der Waals surface area contributed by atoms with Gasteiger partial charge in [0.15, 0.2) is 0 Å². The molecule has 0 saturated carbocycles. The van der Waals surface area contributed by atoms with Crippen LogP contribution < -0.4 is 0 Å². The van der Waals surface area contributed by atoms with Crippen molar-refractivity contribution >= 4 is 6.16 Å². The van der Waals surface area contributed by atoms with Crippen LogP contribution in [0, 0.1) is 0 Å². The predicted octanol–water partition coefficient (Wildman–Crippen LogP) is 1.65. The lowest BCUT2D eigenvalue weighted by atomic mass is 10.3. The molecule has 0 N–H and O–H groups in total. The highest BCUT2D eigenvalue weighted by molar-refractivity contribution is 5.56. The zero-order valence-corrected chi connectivity index (χ0v) is 5.09. The number of hydrogen-bond donors (Lipinski definition) is 0. The molecule has 0 bridgehead atoms. The molecule has 1 unspecified atom stereocenters. The maximum absolute atomic E-state index is 12.0. The Morgan fingerprint density at radius 3 is 2.67 bits per heavy atom. The van der Waals surface area contributed by atoms with Crippen LogP contribution in [0.4, 0.5) is 9.18 Å². The first-order valence-corrected chi connectivity index (χ1v) is 2.68. The van der Waals surface area contributed by atoms with E-state index in [1.165, 1.54) is 0 Å². The van der Waals surface area contributed by atoms with Gasteiger partial charge in [0.05, 0.1) is 0 Å². The largest absolute Gasteiger partial charge is 0.552 e. The SMILES string of the molecule is CCCC(F)OC([O])=O. The van der Waals surface area contributed by atoms with E-state index in [-0.39, 0.29) is 6.42 Å². The quantitative estimate of drug-likeness (QED) is 0.552. The van der Waals surface area contributed by atoms with Gasteiger partial charge in [-0.05, 0) is 6.42 Å². The Bertz CT molecular complexity index is 94.2. The molecule has 0 aromatic carbocycles. The average Bonchev–Trinajstić information content (AvgIpc) is 1.63. The maximum Gasteiger partial charge on any atom is 0.552 e. The minimum absolute atomic E-state index is 0.0913. The Kier molecular flexibility index (Phi) is 3.75. The van der Waals surface area contributed by atoms with Crippen molar-refractivity contribution < 1.29 is 19.0 Å². The van der Waals surface area contributed by atoms with E-state index in [0.717, 1.165) is 0 Å². The second-order valence-electron chi connectivity index (χ2n) is 1.57. The van der Waals surface area contributed by atoms with Gasteiger partial charge in [-0.15, -0.1) is 0 Å². The predicted molar refractivity (Wildman–Crippen MR) is 27.0 cm³/mol. The van der Waals surface area contributed by atoms with E-state index in [9.17, 15) is 14.3 Å². The topological polar surface area (TPSA) is 46.2 Å². The van der Waals surface area contributed by atoms with Crippen LogP contribution in [0.2, 0.25) is 0 Å². The summed E-state index contributed by atoms with van der Waals surface area (Å²) in [6.07, 6.45) is -2.89. The van der Waals surface area contributed by atoms with Gasteiger partial charge in [-0.1, -0.05) is 6.92 Å².